The molecular formula is C14H23N3OS. The standard InChI is InChI=1S/C14H23N3OS/c1-5-18-8-12(9(2)3)17-14-11(13(15)19)7-6-10(4)16-14/h6-7,9,12H,5,8H2,1-4H3,(H2,15,19)(H,16,17). The first-order valence-electron chi connectivity index (χ1n) is 6.57. The SMILES string of the molecule is CCOCC(Nc1nc(C)ccc1C(N)=S)C(C)C. The zero-order valence-electron chi connectivity index (χ0n) is 12.1. The van der Waals surface area contributed by atoms with Gasteiger partial charge in [-0.25, -0.2) is 4.98 Å². The summed E-state index contributed by atoms with van der Waals surface area (Å²) >= 11 is 5.07. The number of thiocarbonyl (C=S) groups is 1. The lowest BCUT2D eigenvalue weighted by atomic mass is 10.0. The van der Waals surface area contributed by atoms with Crippen LogP contribution in [0.25, 0.3) is 0 Å². The molecule has 0 spiro atoms. The van der Waals surface area contributed by atoms with E-state index in [0.29, 0.717) is 24.1 Å². The van der Waals surface area contributed by atoms with Crippen LogP contribution >= 0.6 is 12.2 Å². The van der Waals surface area contributed by atoms with Crippen LogP contribution in [0.4, 0.5) is 5.82 Å². The molecule has 3 N–H and O–H groups in total. The predicted molar refractivity (Wildman–Crippen MR) is 83.6 cm³/mol. The molecule has 1 aromatic heterocycles. The first kappa shape index (κ1) is 15.9. The second-order valence-corrected chi connectivity index (χ2v) is 5.31. The summed E-state index contributed by atoms with van der Waals surface area (Å²) in [6.07, 6.45) is 0. The number of pyridine rings is 1. The van der Waals surface area contributed by atoms with Crippen LogP contribution in [0.5, 0.6) is 0 Å². The van der Waals surface area contributed by atoms with Gasteiger partial charge in [-0.2, -0.15) is 0 Å². The number of hydrogen-bond donors (Lipinski definition) is 2. The van der Waals surface area contributed by atoms with Gasteiger partial charge in [0.15, 0.2) is 0 Å². The minimum atomic E-state index is 0.183. The number of hydrogen-bond acceptors (Lipinski definition) is 4. The Kier molecular flexibility index (Phi) is 6.18. The van der Waals surface area contributed by atoms with E-state index in [2.05, 4.69) is 24.1 Å². The van der Waals surface area contributed by atoms with Crippen molar-refractivity contribution in [2.24, 2.45) is 11.7 Å². The van der Waals surface area contributed by atoms with E-state index in [1.54, 1.807) is 0 Å². The second kappa shape index (κ2) is 7.40. The average Bonchev–Trinajstić information content (AvgIpc) is 2.33. The van der Waals surface area contributed by atoms with Gasteiger partial charge in [0.2, 0.25) is 0 Å². The Bertz CT molecular complexity index is 435. The van der Waals surface area contributed by atoms with E-state index >= 15 is 0 Å². The Morgan fingerprint density at radius 2 is 2.16 bits per heavy atom. The highest BCUT2D eigenvalue weighted by atomic mass is 32.1. The van der Waals surface area contributed by atoms with Gasteiger partial charge in [0.25, 0.3) is 0 Å². The van der Waals surface area contributed by atoms with Gasteiger partial charge in [-0.15, -0.1) is 0 Å². The molecule has 4 nitrogen and oxygen atoms in total. The lowest BCUT2D eigenvalue weighted by Crippen LogP contribution is -2.32. The molecule has 1 rings (SSSR count). The number of anilines is 1. The molecule has 0 aliphatic rings. The normalized spacial score (nSPS) is 12.5. The summed E-state index contributed by atoms with van der Waals surface area (Å²) < 4.78 is 5.51. The highest BCUT2D eigenvalue weighted by molar-refractivity contribution is 7.80. The van der Waals surface area contributed by atoms with E-state index in [-0.39, 0.29) is 6.04 Å². The summed E-state index contributed by atoms with van der Waals surface area (Å²) in [6, 6.07) is 4.00. The summed E-state index contributed by atoms with van der Waals surface area (Å²) in [5, 5.41) is 3.40. The third-order valence-electron chi connectivity index (χ3n) is 2.93. The van der Waals surface area contributed by atoms with E-state index < -0.39 is 0 Å². The molecule has 19 heavy (non-hydrogen) atoms. The van der Waals surface area contributed by atoms with E-state index in [4.69, 9.17) is 22.7 Å². The Hall–Kier alpha value is -1.20. The quantitative estimate of drug-likeness (QED) is 0.752. The van der Waals surface area contributed by atoms with Gasteiger partial charge in [-0.1, -0.05) is 26.1 Å². The third-order valence-corrected chi connectivity index (χ3v) is 3.15. The molecule has 1 unspecified atom stereocenters. The number of nitrogens with two attached hydrogens (primary N) is 1. The van der Waals surface area contributed by atoms with Gasteiger partial charge < -0.3 is 15.8 Å². The fraction of sp³-hybridized carbons (Fsp3) is 0.571. The molecule has 1 aromatic rings. The van der Waals surface area contributed by atoms with Crippen LogP contribution in [0.15, 0.2) is 12.1 Å². The van der Waals surface area contributed by atoms with Crippen LogP contribution in [0.1, 0.15) is 32.0 Å². The third kappa shape index (κ3) is 4.76. The van der Waals surface area contributed by atoms with Gasteiger partial charge in [-0.05, 0) is 31.9 Å². The van der Waals surface area contributed by atoms with Crippen molar-refractivity contribution in [3.63, 3.8) is 0 Å². The molecule has 0 bridgehead atoms. The summed E-state index contributed by atoms with van der Waals surface area (Å²) in [7, 11) is 0. The molecule has 5 heteroatoms. The van der Waals surface area contributed by atoms with Gasteiger partial charge in [-0.3, -0.25) is 0 Å². The molecule has 1 atom stereocenters. The molecule has 0 radical (unpaired) electrons. The van der Waals surface area contributed by atoms with Crippen LogP contribution in [-0.2, 0) is 4.74 Å². The molecule has 0 aliphatic heterocycles. The van der Waals surface area contributed by atoms with E-state index in [9.17, 15) is 0 Å². The van der Waals surface area contributed by atoms with Gasteiger partial charge >= 0.3 is 0 Å². The van der Waals surface area contributed by atoms with E-state index in [0.717, 1.165) is 17.1 Å². The zero-order chi connectivity index (χ0) is 14.4. The Morgan fingerprint density at radius 3 is 2.68 bits per heavy atom. The molecule has 0 amide bonds. The van der Waals surface area contributed by atoms with Crippen molar-refractivity contribution in [1.29, 1.82) is 0 Å². The van der Waals surface area contributed by atoms with Crippen molar-refractivity contribution in [2.45, 2.75) is 33.7 Å². The lowest BCUT2D eigenvalue weighted by Gasteiger charge is -2.24. The topological polar surface area (TPSA) is 60.2 Å². The first-order valence-corrected chi connectivity index (χ1v) is 6.98. The minimum Gasteiger partial charge on any atom is -0.389 e. The van der Waals surface area contributed by atoms with Crippen LogP contribution in [0, 0.1) is 12.8 Å². The number of nitrogens with zero attached hydrogens (tertiary/aromatic N) is 1. The molecule has 0 aliphatic carbocycles. The van der Waals surface area contributed by atoms with E-state index in [1.165, 1.54) is 0 Å². The summed E-state index contributed by atoms with van der Waals surface area (Å²) in [4.78, 5) is 4.85. The highest BCUT2D eigenvalue weighted by Gasteiger charge is 2.16. The maximum Gasteiger partial charge on any atom is 0.136 e. The molecule has 106 valence electrons. The van der Waals surface area contributed by atoms with Crippen molar-refractivity contribution in [3.05, 3.63) is 23.4 Å². The van der Waals surface area contributed by atoms with Crippen molar-refractivity contribution >= 4 is 23.0 Å². The number of rotatable bonds is 7. The van der Waals surface area contributed by atoms with Crippen molar-refractivity contribution in [2.75, 3.05) is 18.5 Å². The predicted octanol–water partition coefficient (Wildman–Crippen LogP) is 2.50. The maximum absolute atomic E-state index is 5.74. The molecule has 0 saturated heterocycles. The molecule has 0 fully saturated rings. The van der Waals surface area contributed by atoms with Crippen LogP contribution < -0.4 is 11.1 Å². The Balaban J connectivity index is 2.94. The Morgan fingerprint density at radius 1 is 1.47 bits per heavy atom. The first-order chi connectivity index (χ1) is 8.95. The summed E-state index contributed by atoms with van der Waals surface area (Å²) in [5.74, 6) is 1.17. The number of aryl methyl sites for hydroxylation is 1. The van der Waals surface area contributed by atoms with Crippen molar-refractivity contribution < 1.29 is 4.74 Å². The monoisotopic (exact) mass is 281 g/mol. The van der Waals surface area contributed by atoms with Gasteiger partial charge in [0, 0.05) is 12.3 Å². The second-order valence-electron chi connectivity index (χ2n) is 4.87. The minimum absolute atomic E-state index is 0.183. The van der Waals surface area contributed by atoms with Crippen LogP contribution in [0.3, 0.4) is 0 Å². The van der Waals surface area contributed by atoms with Crippen LogP contribution in [0.2, 0.25) is 0 Å². The lowest BCUT2D eigenvalue weighted by molar-refractivity contribution is 0.126. The highest BCUT2D eigenvalue weighted by Crippen LogP contribution is 2.17. The van der Waals surface area contributed by atoms with Crippen LogP contribution in [-0.4, -0.2) is 29.2 Å². The van der Waals surface area contributed by atoms with Crippen molar-refractivity contribution in [1.82, 2.24) is 4.98 Å². The number of ether oxygens (including phenoxy) is 1. The summed E-state index contributed by atoms with van der Waals surface area (Å²) in [6.45, 7) is 9.57. The number of nitrogens with one attached hydrogen (secondary N) is 1. The molecule has 0 aromatic carbocycles. The van der Waals surface area contributed by atoms with Gasteiger partial charge in [0.05, 0.1) is 18.2 Å². The fourth-order valence-electron chi connectivity index (χ4n) is 1.69. The smallest absolute Gasteiger partial charge is 0.136 e. The molecule has 1 heterocycles. The van der Waals surface area contributed by atoms with Crippen molar-refractivity contribution in [3.8, 4) is 0 Å². The Labute approximate surface area is 120 Å². The number of aromatic nitrogens is 1. The van der Waals surface area contributed by atoms with E-state index in [1.807, 2.05) is 26.0 Å². The van der Waals surface area contributed by atoms with Gasteiger partial charge in [0.1, 0.15) is 10.8 Å². The summed E-state index contributed by atoms with van der Waals surface area (Å²) in [5.41, 5.74) is 7.45. The largest absolute Gasteiger partial charge is 0.389 e. The molecular weight excluding hydrogens is 258 g/mol. The maximum atomic E-state index is 5.74. The molecule has 0 saturated carbocycles. The zero-order valence-corrected chi connectivity index (χ0v) is 12.9. The fourth-order valence-corrected chi connectivity index (χ4v) is 1.85. The average molecular weight is 281 g/mol.